The standard InChI is InChI=1S/C21H24FNO4/c1-25-18-10-14(11-19(26-2)21(18)27-3)9-17-20(24)15(12-23-17)8-13-4-6-16(22)7-5-13/h4-7,10-11,15,17,23H,8-9,12H2,1-3H3. The summed E-state index contributed by atoms with van der Waals surface area (Å²) in [6.45, 7) is 0.616. The molecule has 1 saturated heterocycles. The number of hydrogen-bond acceptors (Lipinski definition) is 5. The number of halogens is 1. The van der Waals surface area contributed by atoms with Crippen LogP contribution in [0.1, 0.15) is 11.1 Å². The topological polar surface area (TPSA) is 56.8 Å². The lowest BCUT2D eigenvalue weighted by Gasteiger charge is -2.16. The van der Waals surface area contributed by atoms with Crippen LogP contribution in [-0.2, 0) is 17.6 Å². The highest BCUT2D eigenvalue weighted by atomic mass is 19.1. The van der Waals surface area contributed by atoms with Crippen LogP contribution in [0, 0.1) is 11.7 Å². The molecule has 1 heterocycles. The first kappa shape index (κ1) is 19.2. The van der Waals surface area contributed by atoms with Crippen LogP contribution < -0.4 is 19.5 Å². The molecule has 2 unspecified atom stereocenters. The highest BCUT2D eigenvalue weighted by Crippen LogP contribution is 2.38. The van der Waals surface area contributed by atoms with Crippen molar-refractivity contribution < 1.29 is 23.4 Å². The van der Waals surface area contributed by atoms with Gasteiger partial charge in [0, 0.05) is 12.5 Å². The maximum atomic E-state index is 13.1. The SMILES string of the molecule is COc1cc(CC2NCC(Cc3ccc(F)cc3)C2=O)cc(OC)c1OC. The van der Waals surface area contributed by atoms with Crippen LogP contribution in [0.5, 0.6) is 17.2 Å². The molecule has 144 valence electrons. The average molecular weight is 373 g/mol. The fourth-order valence-corrected chi connectivity index (χ4v) is 3.51. The molecule has 2 atom stereocenters. The van der Waals surface area contributed by atoms with Crippen molar-refractivity contribution in [2.75, 3.05) is 27.9 Å². The summed E-state index contributed by atoms with van der Waals surface area (Å²) in [6, 6.07) is 9.78. The molecule has 0 spiro atoms. The number of ketones is 1. The van der Waals surface area contributed by atoms with Gasteiger partial charge >= 0.3 is 0 Å². The lowest BCUT2D eigenvalue weighted by molar-refractivity contribution is -0.121. The summed E-state index contributed by atoms with van der Waals surface area (Å²) < 4.78 is 29.1. The van der Waals surface area contributed by atoms with Gasteiger partial charge in [-0.25, -0.2) is 4.39 Å². The van der Waals surface area contributed by atoms with Gasteiger partial charge in [0.1, 0.15) is 5.82 Å². The van der Waals surface area contributed by atoms with Gasteiger partial charge in [0.2, 0.25) is 5.75 Å². The van der Waals surface area contributed by atoms with Crippen molar-refractivity contribution in [3.05, 3.63) is 53.3 Å². The van der Waals surface area contributed by atoms with Crippen LogP contribution in [0.15, 0.2) is 36.4 Å². The van der Waals surface area contributed by atoms with E-state index in [0.717, 1.165) is 11.1 Å². The molecule has 0 bridgehead atoms. The van der Waals surface area contributed by atoms with Gasteiger partial charge in [0.05, 0.1) is 27.4 Å². The minimum Gasteiger partial charge on any atom is -0.493 e. The van der Waals surface area contributed by atoms with Gasteiger partial charge < -0.3 is 19.5 Å². The second-order valence-corrected chi connectivity index (χ2v) is 6.63. The average Bonchev–Trinajstić information content (AvgIpc) is 3.02. The quantitative estimate of drug-likeness (QED) is 0.809. The molecule has 6 heteroatoms. The fourth-order valence-electron chi connectivity index (χ4n) is 3.51. The zero-order chi connectivity index (χ0) is 19.4. The second kappa shape index (κ2) is 8.39. The summed E-state index contributed by atoms with van der Waals surface area (Å²) in [7, 11) is 4.69. The Morgan fingerprint density at radius 1 is 0.963 bits per heavy atom. The molecule has 0 aromatic heterocycles. The first-order valence-electron chi connectivity index (χ1n) is 8.86. The van der Waals surface area contributed by atoms with Crippen molar-refractivity contribution >= 4 is 5.78 Å². The maximum Gasteiger partial charge on any atom is 0.203 e. The molecular formula is C21H24FNO4. The van der Waals surface area contributed by atoms with E-state index in [1.54, 1.807) is 33.5 Å². The minimum absolute atomic E-state index is 0.109. The molecule has 1 fully saturated rings. The molecule has 0 saturated carbocycles. The molecule has 0 amide bonds. The maximum absolute atomic E-state index is 13.1. The van der Waals surface area contributed by atoms with Crippen molar-refractivity contribution in [3.8, 4) is 17.2 Å². The Labute approximate surface area is 158 Å². The highest BCUT2D eigenvalue weighted by Gasteiger charge is 2.34. The number of rotatable bonds is 7. The normalized spacial score (nSPS) is 19.2. The van der Waals surface area contributed by atoms with Gasteiger partial charge in [0.15, 0.2) is 17.3 Å². The van der Waals surface area contributed by atoms with Crippen molar-refractivity contribution in [2.24, 2.45) is 5.92 Å². The zero-order valence-electron chi connectivity index (χ0n) is 15.8. The Morgan fingerprint density at radius 3 is 2.15 bits per heavy atom. The van der Waals surface area contributed by atoms with E-state index in [9.17, 15) is 9.18 Å². The summed E-state index contributed by atoms with van der Waals surface area (Å²) in [4.78, 5) is 12.8. The van der Waals surface area contributed by atoms with Crippen LogP contribution >= 0.6 is 0 Å². The van der Waals surface area contributed by atoms with Crippen molar-refractivity contribution in [3.63, 3.8) is 0 Å². The first-order valence-corrected chi connectivity index (χ1v) is 8.86. The highest BCUT2D eigenvalue weighted by molar-refractivity contribution is 5.89. The minimum atomic E-state index is -0.269. The first-order chi connectivity index (χ1) is 13.0. The van der Waals surface area contributed by atoms with E-state index in [4.69, 9.17) is 14.2 Å². The van der Waals surface area contributed by atoms with Gasteiger partial charge in [0.25, 0.3) is 0 Å². The molecule has 0 aliphatic carbocycles. The largest absolute Gasteiger partial charge is 0.493 e. The van der Waals surface area contributed by atoms with E-state index in [1.807, 2.05) is 12.1 Å². The number of carbonyl (C=O) groups is 1. The Morgan fingerprint density at radius 2 is 1.59 bits per heavy atom. The molecule has 0 radical (unpaired) electrons. The molecule has 3 rings (SSSR count). The van der Waals surface area contributed by atoms with Crippen LogP contribution in [0.4, 0.5) is 4.39 Å². The summed E-state index contributed by atoms with van der Waals surface area (Å²) >= 11 is 0. The van der Waals surface area contributed by atoms with Crippen LogP contribution in [0.25, 0.3) is 0 Å². The van der Waals surface area contributed by atoms with Gasteiger partial charge in [-0.1, -0.05) is 12.1 Å². The Bertz CT molecular complexity index is 781. The summed E-state index contributed by atoms with van der Waals surface area (Å²) in [5.41, 5.74) is 1.89. The third-order valence-corrected chi connectivity index (χ3v) is 4.92. The number of ether oxygens (including phenoxy) is 3. The number of carbonyl (C=O) groups excluding carboxylic acids is 1. The van der Waals surface area contributed by atoms with E-state index in [1.165, 1.54) is 12.1 Å². The van der Waals surface area contributed by atoms with E-state index in [0.29, 0.717) is 36.6 Å². The predicted molar refractivity (Wildman–Crippen MR) is 100 cm³/mol. The zero-order valence-corrected chi connectivity index (χ0v) is 15.8. The molecule has 1 aliphatic heterocycles. The summed E-state index contributed by atoms with van der Waals surface area (Å²) in [5, 5.41) is 3.30. The van der Waals surface area contributed by atoms with E-state index >= 15 is 0 Å². The van der Waals surface area contributed by atoms with Crippen LogP contribution in [0.3, 0.4) is 0 Å². The Kier molecular flexibility index (Phi) is 5.96. The van der Waals surface area contributed by atoms with Crippen molar-refractivity contribution in [1.29, 1.82) is 0 Å². The molecular weight excluding hydrogens is 349 g/mol. The molecule has 1 N–H and O–H groups in total. The number of benzene rings is 2. The van der Waals surface area contributed by atoms with Crippen LogP contribution in [-0.4, -0.2) is 39.7 Å². The van der Waals surface area contributed by atoms with E-state index < -0.39 is 0 Å². The van der Waals surface area contributed by atoms with Gasteiger partial charge in [-0.05, 0) is 48.2 Å². The van der Waals surface area contributed by atoms with Gasteiger partial charge in [-0.3, -0.25) is 4.79 Å². The van der Waals surface area contributed by atoms with Crippen molar-refractivity contribution in [2.45, 2.75) is 18.9 Å². The Hall–Kier alpha value is -2.60. The lowest BCUT2D eigenvalue weighted by Crippen LogP contribution is -2.30. The van der Waals surface area contributed by atoms with E-state index in [2.05, 4.69) is 5.32 Å². The molecule has 1 aliphatic rings. The number of methoxy groups -OCH3 is 3. The van der Waals surface area contributed by atoms with Crippen molar-refractivity contribution in [1.82, 2.24) is 5.32 Å². The molecule has 2 aromatic rings. The number of hydrogen-bond donors (Lipinski definition) is 1. The second-order valence-electron chi connectivity index (χ2n) is 6.63. The molecule has 2 aromatic carbocycles. The number of nitrogens with one attached hydrogen (secondary N) is 1. The van der Waals surface area contributed by atoms with Gasteiger partial charge in [-0.15, -0.1) is 0 Å². The summed E-state index contributed by atoms with van der Waals surface area (Å²) in [6.07, 6.45) is 1.15. The fraction of sp³-hybridized carbons (Fsp3) is 0.381. The molecule has 27 heavy (non-hydrogen) atoms. The third-order valence-electron chi connectivity index (χ3n) is 4.92. The monoisotopic (exact) mass is 373 g/mol. The Balaban J connectivity index is 1.71. The summed E-state index contributed by atoms with van der Waals surface area (Å²) in [5.74, 6) is 1.47. The smallest absolute Gasteiger partial charge is 0.203 e. The van der Waals surface area contributed by atoms with Gasteiger partial charge in [-0.2, -0.15) is 0 Å². The predicted octanol–water partition coefficient (Wildman–Crippen LogP) is 2.79. The van der Waals surface area contributed by atoms with Crippen LogP contribution in [0.2, 0.25) is 0 Å². The lowest BCUT2D eigenvalue weighted by atomic mass is 9.93. The number of Topliss-reactive ketones (excluding diaryl/α,β-unsaturated/α-hetero) is 1. The molecule has 5 nitrogen and oxygen atoms in total. The van der Waals surface area contributed by atoms with E-state index in [-0.39, 0.29) is 23.6 Å². The third kappa shape index (κ3) is 4.22.